The van der Waals surface area contributed by atoms with Crippen molar-refractivity contribution in [2.75, 3.05) is 32.5 Å². The van der Waals surface area contributed by atoms with Crippen LogP contribution in [0.15, 0.2) is 18.3 Å². The predicted octanol–water partition coefficient (Wildman–Crippen LogP) is 1.27. The van der Waals surface area contributed by atoms with Crippen LogP contribution in [-0.4, -0.2) is 69.7 Å². The molecule has 0 radical (unpaired) electrons. The lowest BCUT2D eigenvalue weighted by Crippen LogP contribution is -2.38. The molecule has 0 fully saturated rings. The number of benzene rings is 1. The molecule has 162 valence electrons. The number of nitrogens with zero attached hydrogens (tertiary/aromatic N) is 5. The quantitative estimate of drug-likeness (QED) is 0.641. The summed E-state index contributed by atoms with van der Waals surface area (Å²) in [5, 5.41) is 9.56. The highest BCUT2D eigenvalue weighted by molar-refractivity contribution is 5.98. The van der Waals surface area contributed by atoms with Crippen molar-refractivity contribution in [2.45, 2.75) is 19.9 Å². The number of halogens is 3. The van der Waals surface area contributed by atoms with Crippen LogP contribution >= 0.6 is 0 Å². The summed E-state index contributed by atoms with van der Waals surface area (Å²) in [4.78, 5) is 39.1. The molecule has 0 aliphatic heterocycles. The summed E-state index contributed by atoms with van der Waals surface area (Å²) in [5.74, 6) is -6.32. The van der Waals surface area contributed by atoms with E-state index < -0.39 is 41.5 Å². The summed E-state index contributed by atoms with van der Waals surface area (Å²) in [6, 6.07) is 1.56. The molecule has 0 aliphatic carbocycles. The molecule has 1 N–H and O–H groups in total. The number of nitrogens with one attached hydrogen (secondary N) is 1. The van der Waals surface area contributed by atoms with Crippen LogP contribution in [0.1, 0.15) is 23.8 Å². The van der Waals surface area contributed by atoms with Gasteiger partial charge in [0.05, 0.1) is 11.9 Å². The van der Waals surface area contributed by atoms with E-state index in [1.54, 1.807) is 21.0 Å². The highest BCUT2D eigenvalue weighted by Crippen LogP contribution is 2.19. The molecule has 0 saturated heterocycles. The Balaban J connectivity index is 2.09. The lowest BCUT2D eigenvalue weighted by Gasteiger charge is -2.20. The molecule has 0 atom stereocenters. The van der Waals surface area contributed by atoms with Gasteiger partial charge in [-0.1, -0.05) is 12.1 Å². The number of carbonyl (C=O) groups is 3. The molecule has 0 unspecified atom stereocenters. The van der Waals surface area contributed by atoms with Gasteiger partial charge in [-0.25, -0.2) is 17.9 Å². The third-order valence-electron chi connectivity index (χ3n) is 3.98. The molecule has 12 heteroatoms. The van der Waals surface area contributed by atoms with Gasteiger partial charge in [-0.15, -0.1) is 5.10 Å². The molecule has 0 spiro atoms. The zero-order chi connectivity index (χ0) is 22.4. The Bertz CT molecular complexity index is 947. The van der Waals surface area contributed by atoms with Crippen molar-refractivity contribution in [3.63, 3.8) is 0 Å². The fourth-order valence-electron chi connectivity index (χ4n) is 2.42. The van der Waals surface area contributed by atoms with Gasteiger partial charge >= 0.3 is 0 Å². The van der Waals surface area contributed by atoms with Crippen molar-refractivity contribution in [1.29, 1.82) is 0 Å². The van der Waals surface area contributed by atoms with Gasteiger partial charge < -0.3 is 15.1 Å². The molecule has 9 nitrogen and oxygen atoms in total. The minimum absolute atomic E-state index is 0.0817. The number of amides is 3. The third kappa shape index (κ3) is 5.55. The fraction of sp³-hybridized carbons (Fsp3) is 0.389. The maximum absolute atomic E-state index is 13.7. The number of anilines is 1. The van der Waals surface area contributed by atoms with Gasteiger partial charge in [0.1, 0.15) is 13.1 Å². The molecule has 1 aromatic carbocycles. The minimum Gasteiger partial charge on any atom is -0.347 e. The van der Waals surface area contributed by atoms with Crippen LogP contribution in [0.2, 0.25) is 0 Å². The van der Waals surface area contributed by atoms with Crippen molar-refractivity contribution in [3.8, 4) is 0 Å². The van der Waals surface area contributed by atoms with E-state index in [4.69, 9.17) is 0 Å². The van der Waals surface area contributed by atoms with Crippen molar-refractivity contribution >= 4 is 23.4 Å². The molecule has 0 bridgehead atoms. The van der Waals surface area contributed by atoms with Gasteiger partial charge in [0.25, 0.3) is 5.91 Å². The minimum atomic E-state index is -1.71. The zero-order valence-electron chi connectivity index (χ0n) is 16.7. The first-order valence-electron chi connectivity index (χ1n) is 8.97. The summed E-state index contributed by atoms with van der Waals surface area (Å²) in [5.41, 5.74) is -0.627. The number of rotatable bonds is 8. The summed E-state index contributed by atoms with van der Waals surface area (Å²) in [6.45, 7) is 1.36. The van der Waals surface area contributed by atoms with E-state index in [2.05, 4.69) is 15.6 Å². The Hall–Kier alpha value is -3.44. The number of hydrogen-bond donors (Lipinski definition) is 1. The highest BCUT2D eigenvalue weighted by atomic mass is 19.2. The monoisotopic (exact) mass is 426 g/mol. The zero-order valence-corrected chi connectivity index (χ0v) is 16.7. The predicted molar refractivity (Wildman–Crippen MR) is 99.9 cm³/mol. The first kappa shape index (κ1) is 22.8. The topological polar surface area (TPSA) is 100 Å². The number of hydrogen-bond acceptors (Lipinski definition) is 5. The Labute approximate surface area is 170 Å². The van der Waals surface area contributed by atoms with Gasteiger partial charge in [0.2, 0.25) is 11.8 Å². The summed E-state index contributed by atoms with van der Waals surface area (Å²) < 4.78 is 41.2. The van der Waals surface area contributed by atoms with Gasteiger partial charge in [-0.05, 0) is 18.6 Å². The first-order chi connectivity index (χ1) is 14.1. The van der Waals surface area contributed by atoms with E-state index in [1.165, 1.54) is 15.8 Å². The number of aromatic nitrogens is 3. The molecule has 0 aliphatic rings. The standard InChI is InChI=1S/C18H21F3N6O3/c1-4-7-26(9-14(28)22-12-6-5-11(19)16(20)17(12)21)18(30)13-8-27(24-23-13)10-15(29)25(2)3/h5-6,8H,4,7,9-10H2,1-3H3,(H,22,28). The number of carbonyl (C=O) groups excluding carboxylic acids is 3. The molecular weight excluding hydrogens is 405 g/mol. The van der Waals surface area contributed by atoms with E-state index in [0.717, 1.165) is 11.0 Å². The largest absolute Gasteiger partial charge is 0.347 e. The molecular formula is C18H21F3N6O3. The molecule has 1 aromatic heterocycles. The molecule has 3 amide bonds. The van der Waals surface area contributed by atoms with Crippen LogP contribution in [0.25, 0.3) is 0 Å². The van der Waals surface area contributed by atoms with Crippen molar-refractivity contribution in [1.82, 2.24) is 24.8 Å². The smallest absolute Gasteiger partial charge is 0.276 e. The summed E-state index contributed by atoms with van der Waals surface area (Å²) in [6.07, 6.45) is 1.78. The van der Waals surface area contributed by atoms with Crippen molar-refractivity contribution in [3.05, 3.63) is 41.5 Å². The number of likely N-dealkylation sites (N-methyl/N-ethyl adjacent to an activating group) is 1. The van der Waals surface area contributed by atoms with Crippen LogP contribution in [0.5, 0.6) is 0 Å². The lowest BCUT2D eigenvalue weighted by atomic mass is 10.2. The molecule has 2 rings (SSSR count). The van der Waals surface area contributed by atoms with E-state index in [0.29, 0.717) is 12.5 Å². The second kappa shape index (κ2) is 9.85. The van der Waals surface area contributed by atoms with Gasteiger partial charge in [-0.2, -0.15) is 0 Å². The van der Waals surface area contributed by atoms with E-state index in [9.17, 15) is 27.6 Å². The van der Waals surface area contributed by atoms with Crippen LogP contribution in [0.4, 0.5) is 18.9 Å². The van der Waals surface area contributed by atoms with E-state index in [-0.39, 0.29) is 24.7 Å². The Kier molecular flexibility index (Phi) is 7.50. The van der Waals surface area contributed by atoms with Crippen LogP contribution < -0.4 is 5.32 Å². The van der Waals surface area contributed by atoms with E-state index >= 15 is 0 Å². The molecule has 1 heterocycles. The van der Waals surface area contributed by atoms with Gasteiger partial charge in [-0.3, -0.25) is 14.4 Å². The SMILES string of the molecule is CCCN(CC(=O)Nc1ccc(F)c(F)c1F)C(=O)c1cn(CC(=O)N(C)C)nn1. The van der Waals surface area contributed by atoms with Crippen molar-refractivity contribution in [2.24, 2.45) is 0 Å². The Morgan fingerprint density at radius 2 is 1.83 bits per heavy atom. The van der Waals surface area contributed by atoms with Crippen LogP contribution in [0.3, 0.4) is 0 Å². The van der Waals surface area contributed by atoms with Gasteiger partial charge in [0, 0.05) is 20.6 Å². The molecule has 2 aromatic rings. The maximum Gasteiger partial charge on any atom is 0.276 e. The highest BCUT2D eigenvalue weighted by Gasteiger charge is 2.23. The normalized spacial score (nSPS) is 10.6. The second-order valence-corrected chi connectivity index (χ2v) is 6.59. The fourth-order valence-corrected chi connectivity index (χ4v) is 2.42. The Morgan fingerprint density at radius 3 is 2.47 bits per heavy atom. The molecule has 0 saturated carbocycles. The van der Waals surface area contributed by atoms with Crippen LogP contribution in [0, 0.1) is 17.5 Å². The maximum atomic E-state index is 13.7. The second-order valence-electron chi connectivity index (χ2n) is 6.59. The third-order valence-corrected chi connectivity index (χ3v) is 3.98. The van der Waals surface area contributed by atoms with Gasteiger partial charge in [0.15, 0.2) is 23.1 Å². The lowest BCUT2D eigenvalue weighted by molar-refractivity contribution is -0.129. The summed E-state index contributed by atoms with van der Waals surface area (Å²) >= 11 is 0. The van der Waals surface area contributed by atoms with Crippen molar-refractivity contribution < 1.29 is 27.6 Å². The summed E-state index contributed by atoms with van der Waals surface area (Å²) in [7, 11) is 3.14. The average Bonchev–Trinajstić information content (AvgIpc) is 3.16. The first-order valence-corrected chi connectivity index (χ1v) is 8.97. The average molecular weight is 426 g/mol. The van der Waals surface area contributed by atoms with Crippen LogP contribution in [-0.2, 0) is 16.1 Å². The Morgan fingerprint density at radius 1 is 1.13 bits per heavy atom. The van der Waals surface area contributed by atoms with E-state index in [1.807, 2.05) is 0 Å². The molecule has 30 heavy (non-hydrogen) atoms.